The third-order valence-corrected chi connectivity index (χ3v) is 4.06. The first-order chi connectivity index (χ1) is 8.92. The van der Waals surface area contributed by atoms with Crippen LogP contribution >= 0.6 is 0 Å². The Morgan fingerprint density at radius 3 is 2.58 bits per heavy atom. The summed E-state index contributed by atoms with van der Waals surface area (Å²) >= 11 is 0. The molecule has 4 heteroatoms. The Bertz CT molecular complexity index is 500. The van der Waals surface area contributed by atoms with Crippen molar-refractivity contribution in [3.05, 3.63) is 35.9 Å². The van der Waals surface area contributed by atoms with E-state index in [-0.39, 0.29) is 17.5 Å². The zero-order valence-electron chi connectivity index (χ0n) is 11.6. The summed E-state index contributed by atoms with van der Waals surface area (Å²) in [5, 5.41) is 4.86. The van der Waals surface area contributed by atoms with E-state index in [0.29, 0.717) is 12.8 Å². The number of carbonyl (C=O) groups is 1. The Labute approximate surface area is 113 Å². The van der Waals surface area contributed by atoms with E-state index in [0.717, 1.165) is 0 Å². The lowest BCUT2D eigenvalue weighted by Crippen LogP contribution is -2.39. The van der Waals surface area contributed by atoms with Gasteiger partial charge in [-0.05, 0) is 19.4 Å². The minimum atomic E-state index is -0.696. The average molecular weight is 260 g/mol. The van der Waals surface area contributed by atoms with Gasteiger partial charge in [0.1, 0.15) is 0 Å². The van der Waals surface area contributed by atoms with Crippen LogP contribution in [0.5, 0.6) is 0 Å². The standard InChI is InChI=1S/C15H20N2O2/c1-14(2)10-15(13(18)16-14)9-12(17(3)19-15)11-7-5-4-6-8-11/h4-8,12H,9-10H2,1-3H3,(H,16,18)/t12-,15+/m1/s1. The second-order valence-corrected chi connectivity index (χ2v) is 6.28. The van der Waals surface area contributed by atoms with Crippen molar-refractivity contribution >= 4 is 5.91 Å². The number of benzene rings is 1. The summed E-state index contributed by atoms with van der Waals surface area (Å²) in [5.41, 5.74) is 0.307. The first kappa shape index (κ1) is 12.6. The van der Waals surface area contributed by atoms with E-state index < -0.39 is 5.60 Å². The van der Waals surface area contributed by atoms with Gasteiger partial charge in [-0.25, -0.2) is 0 Å². The number of hydroxylamine groups is 2. The zero-order valence-corrected chi connectivity index (χ0v) is 11.6. The number of nitrogens with zero attached hydrogens (tertiary/aromatic N) is 1. The van der Waals surface area contributed by atoms with E-state index in [4.69, 9.17) is 4.84 Å². The van der Waals surface area contributed by atoms with Crippen LogP contribution in [0.25, 0.3) is 0 Å². The molecule has 0 saturated carbocycles. The Kier molecular flexibility index (Phi) is 2.69. The number of carbonyl (C=O) groups excluding carboxylic acids is 1. The molecule has 1 N–H and O–H groups in total. The number of hydrogen-bond donors (Lipinski definition) is 1. The molecule has 2 atom stereocenters. The van der Waals surface area contributed by atoms with Crippen LogP contribution in [0.2, 0.25) is 0 Å². The summed E-state index contributed by atoms with van der Waals surface area (Å²) in [6, 6.07) is 10.4. The minimum absolute atomic E-state index is 0.0165. The van der Waals surface area contributed by atoms with Crippen LogP contribution < -0.4 is 5.32 Å². The monoisotopic (exact) mass is 260 g/mol. The molecule has 2 fully saturated rings. The van der Waals surface area contributed by atoms with Crippen LogP contribution in [0.15, 0.2) is 30.3 Å². The molecule has 2 heterocycles. The summed E-state index contributed by atoms with van der Waals surface area (Å²) in [7, 11) is 1.91. The Morgan fingerprint density at radius 1 is 1.32 bits per heavy atom. The highest BCUT2D eigenvalue weighted by Crippen LogP contribution is 2.46. The molecule has 1 amide bonds. The van der Waals surface area contributed by atoms with Gasteiger partial charge in [0.05, 0.1) is 6.04 Å². The van der Waals surface area contributed by atoms with Crippen molar-refractivity contribution in [3.8, 4) is 0 Å². The fourth-order valence-electron chi connectivity index (χ4n) is 3.32. The van der Waals surface area contributed by atoms with Gasteiger partial charge in [-0.2, -0.15) is 5.06 Å². The molecule has 1 spiro atoms. The first-order valence-corrected chi connectivity index (χ1v) is 6.71. The molecular formula is C15H20N2O2. The average Bonchev–Trinajstić information content (AvgIpc) is 2.77. The van der Waals surface area contributed by atoms with Gasteiger partial charge in [-0.1, -0.05) is 30.3 Å². The largest absolute Gasteiger partial charge is 0.349 e. The van der Waals surface area contributed by atoms with Crippen LogP contribution in [-0.2, 0) is 9.63 Å². The molecular weight excluding hydrogens is 240 g/mol. The maximum absolute atomic E-state index is 12.3. The van der Waals surface area contributed by atoms with Crippen molar-refractivity contribution in [2.45, 2.75) is 43.9 Å². The molecule has 0 aromatic heterocycles. The SMILES string of the molecule is CN1O[C@@]2(C[C@@H]1c1ccccc1)CC(C)(C)NC2=O. The highest BCUT2D eigenvalue weighted by Gasteiger charge is 2.57. The zero-order chi connectivity index (χ0) is 13.7. The van der Waals surface area contributed by atoms with E-state index in [2.05, 4.69) is 17.4 Å². The number of rotatable bonds is 1. The fraction of sp³-hybridized carbons (Fsp3) is 0.533. The normalized spacial score (nSPS) is 33.8. The molecule has 2 aliphatic rings. The van der Waals surface area contributed by atoms with Crippen LogP contribution in [0.4, 0.5) is 0 Å². The van der Waals surface area contributed by atoms with Crippen molar-refractivity contribution in [1.29, 1.82) is 0 Å². The molecule has 2 saturated heterocycles. The lowest BCUT2D eigenvalue weighted by molar-refractivity contribution is -0.192. The molecule has 1 aromatic carbocycles. The van der Waals surface area contributed by atoms with E-state index in [9.17, 15) is 4.79 Å². The topological polar surface area (TPSA) is 41.6 Å². The van der Waals surface area contributed by atoms with E-state index in [1.807, 2.05) is 44.2 Å². The van der Waals surface area contributed by atoms with E-state index in [1.165, 1.54) is 5.56 Å². The molecule has 1 aromatic rings. The van der Waals surface area contributed by atoms with Gasteiger partial charge in [-0.3, -0.25) is 9.63 Å². The van der Waals surface area contributed by atoms with Crippen LogP contribution in [-0.4, -0.2) is 29.2 Å². The smallest absolute Gasteiger partial charge is 0.254 e. The summed E-state index contributed by atoms with van der Waals surface area (Å²) < 4.78 is 0. The van der Waals surface area contributed by atoms with Gasteiger partial charge >= 0.3 is 0 Å². The maximum atomic E-state index is 12.3. The summed E-state index contributed by atoms with van der Waals surface area (Å²) in [5.74, 6) is 0.0165. The quantitative estimate of drug-likeness (QED) is 0.840. The second kappa shape index (κ2) is 4.05. The van der Waals surface area contributed by atoms with Gasteiger partial charge in [0, 0.05) is 25.4 Å². The van der Waals surface area contributed by atoms with Gasteiger partial charge in [0.2, 0.25) is 0 Å². The van der Waals surface area contributed by atoms with Crippen molar-refractivity contribution in [2.75, 3.05) is 7.05 Å². The Hall–Kier alpha value is -1.39. The maximum Gasteiger partial charge on any atom is 0.254 e. The summed E-state index contributed by atoms with van der Waals surface area (Å²) in [4.78, 5) is 18.2. The molecule has 0 unspecified atom stereocenters. The Morgan fingerprint density at radius 2 is 2.00 bits per heavy atom. The second-order valence-electron chi connectivity index (χ2n) is 6.28. The predicted octanol–water partition coefficient (Wildman–Crippen LogP) is 2.03. The molecule has 19 heavy (non-hydrogen) atoms. The van der Waals surface area contributed by atoms with Crippen molar-refractivity contribution in [1.82, 2.24) is 10.4 Å². The van der Waals surface area contributed by atoms with Gasteiger partial charge in [-0.15, -0.1) is 0 Å². The van der Waals surface area contributed by atoms with E-state index >= 15 is 0 Å². The molecule has 2 aliphatic heterocycles. The third-order valence-electron chi connectivity index (χ3n) is 4.06. The highest BCUT2D eigenvalue weighted by atomic mass is 16.7. The lowest BCUT2D eigenvalue weighted by atomic mass is 9.87. The summed E-state index contributed by atoms with van der Waals surface area (Å²) in [6.07, 6.45) is 1.43. The van der Waals surface area contributed by atoms with Crippen LogP contribution in [0.1, 0.15) is 38.3 Å². The molecule has 4 nitrogen and oxygen atoms in total. The van der Waals surface area contributed by atoms with Crippen molar-refractivity contribution in [3.63, 3.8) is 0 Å². The highest BCUT2D eigenvalue weighted by molar-refractivity contribution is 5.89. The minimum Gasteiger partial charge on any atom is -0.349 e. The number of nitrogens with one attached hydrogen (secondary N) is 1. The van der Waals surface area contributed by atoms with Gasteiger partial charge in [0.15, 0.2) is 5.60 Å². The van der Waals surface area contributed by atoms with Gasteiger partial charge in [0.25, 0.3) is 5.91 Å². The predicted molar refractivity (Wildman–Crippen MR) is 72.2 cm³/mol. The van der Waals surface area contributed by atoms with Gasteiger partial charge < -0.3 is 5.32 Å². The molecule has 102 valence electrons. The number of hydrogen-bond acceptors (Lipinski definition) is 3. The third kappa shape index (κ3) is 2.05. The molecule has 0 aliphatic carbocycles. The number of amides is 1. The van der Waals surface area contributed by atoms with Crippen LogP contribution in [0.3, 0.4) is 0 Å². The summed E-state index contributed by atoms with van der Waals surface area (Å²) in [6.45, 7) is 4.08. The van der Waals surface area contributed by atoms with Crippen molar-refractivity contribution in [2.24, 2.45) is 0 Å². The van der Waals surface area contributed by atoms with Crippen LogP contribution in [0, 0.1) is 0 Å². The first-order valence-electron chi connectivity index (χ1n) is 6.71. The lowest BCUT2D eigenvalue weighted by Gasteiger charge is -2.21. The molecule has 0 radical (unpaired) electrons. The van der Waals surface area contributed by atoms with Crippen molar-refractivity contribution < 1.29 is 9.63 Å². The van der Waals surface area contributed by atoms with E-state index in [1.54, 1.807) is 0 Å². The molecule has 0 bridgehead atoms. The Balaban J connectivity index is 1.88. The fourth-order valence-corrected chi connectivity index (χ4v) is 3.32. The molecule has 3 rings (SSSR count).